The summed E-state index contributed by atoms with van der Waals surface area (Å²) >= 11 is 0. The van der Waals surface area contributed by atoms with Crippen LogP contribution in [-0.2, 0) is 28.1 Å². The summed E-state index contributed by atoms with van der Waals surface area (Å²) in [6.07, 6.45) is 4.99. The van der Waals surface area contributed by atoms with Gasteiger partial charge in [-0.15, -0.1) is 9.24 Å². The average molecular weight is 341 g/mol. The molecule has 23 heavy (non-hydrogen) atoms. The van der Waals surface area contributed by atoms with Gasteiger partial charge in [-0.05, 0) is 12.8 Å². The summed E-state index contributed by atoms with van der Waals surface area (Å²) < 4.78 is 1.80. The molecule has 3 atom stereocenters. The topological polar surface area (TPSA) is 88.9 Å². The normalized spacial score (nSPS) is 23.5. The number of carbonyl (C=O) groups is 2. The molecular weight excluding hydrogens is 321 g/mol. The molecule has 2 aliphatic heterocycles. The van der Waals surface area contributed by atoms with Crippen LogP contribution in [0.15, 0.2) is 12.5 Å². The number of piperidine rings is 1. The molecule has 0 spiro atoms. The third-order valence-electron chi connectivity index (χ3n) is 4.15. The van der Waals surface area contributed by atoms with Crippen molar-refractivity contribution in [3.05, 3.63) is 18.2 Å². The molecule has 0 aromatic carbocycles. The first-order valence-electron chi connectivity index (χ1n) is 7.41. The molecular formula is C13H20N5O4P. The molecule has 3 heterocycles. The monoisotopic (exact) mass is 341 g/mol. The second kappa shape index (κ2) is 6.82. The number of fused-ring (bicyclic) bond motifs is 2. The van der Waals surface area contributed by atoms with Crippen LogP contribution in [0, 0.1) is 0 Å². The van der Waals surface area contributed by atoms with Gasteiger partial charge >= 0.3 is 6.03 Å². The minimum atomic E-state index is -0.525. The third kappa shape index (κ3) is 3.17. The van der Waals surface area contributed by atoms with Crippen LogP contribution >= 0.6 is 9.24 Å². The molecule has 2 saturated heterocycles. The van der Waals surface area contributed by atoms with Gasteiger partial charge < -0.3 is 9.47 Å². The van der Waals surface area contributed by atoms with Crippen molar-refractivity contribution in [1.82, 2.24) is 25.0 Å². The highest BCUT2D eigenvalue weighted by atomic mass is 31.0. The van der Waals surface area contributed by atoms with E-state index in [4.69, 9.17) is 9.68 Å². The second-order valence-electron chi connectivity index (χ2n) is 5.55. The predicted octanol–water partition coefficient (Wildman–Crippen LogP) is 0.000700. The van der Waals surface area contributed by atoms with Gasteiger partial charge in [0.05, 0.1) is 30.6 Å². The number of amides is 3. The van der Waals surface area contributed by atoms with Crippen LogP contribution in [0.4, 0.5) is 4.79 Å². The fourth-order valence-corrected chi connectivity index (χ4v) is 3.08. The molecule has 1 N–H and O–H groups in total. The Kier molecular flexibility index (Phi) is 4.79. The van der Waals surface area contributed by atoms with E-state index in [2.05, 4.69) is 19.7 Å². The maximum absolute atomic E-state index is 12.3. The molecule has 1 aromatic heterocycles. The van der Waals surface area contributed by atoms with Crippen LogP contribution in [-0.4, -0.2) is 56.4 Å². The molecule has 2 fully saturated rings. The van der Waals surface area contributed by atoms with E-state index in [0.29, 0.717) is 19.3 Å². The second-order valence-corrected chi connectivity index (χ2v) is 5.89. The number of hydroxylamine groups is 3. The van der Waals surface area contributed by atoms with Gasteiger partial charge in [0.1, 0.15) is 12.6 Å². The molecule has 0 aliphatic carbocycles. The molecule has 0 radical (unpaired) electrons. The van der Waals surface area contributed by atoms with Crippen molar-refractivity contribution in [1.29, 1.82) is 0 Å². The van der Waals surface area contributed by atoms with E-state index in [1.807, 2.05) is 7.05 Å². The van der Waals surface area contributed by atoms with Crippen molar-refractivity contribution in [2.24, 2.45) is 7.05 Å². The summed E-state index contributed by atoms with van der Waals surface area (Å²) in [5, 5.41) is 1.37. The largest absolute Gasteiger partial charge is 0.345 e. The maximum Gasteiger partial charge on any atom is 0.345 e. The van der Waals surface area contributed by atoms with Crippen molar-refractivity contribution in [2.75, 3.05) is 12.9 Å². The number of hydrogen-bond acceptors (Lipinski definition) is 5. The van der Waals surface area contributed by atoms with Gasteiger partial charge in [0.25, 0.3) is 5.91 Å². The lowest BCUT2D eigenvalue weighted by Gasteiger charge is -2.28. The number of hydrogen-bond donors (Lipinski definition) is 1. The van der Waals surface area contributed by atoms with Gasteiger partial charge in [0.15, 0.2) is 0 Å². The van der Waals surface area contributed by atoms with Gasteiger partial charge in [-0.25, -0.2) is 15.3 Å². The molecule has 3 rings (SSSR count). The molecule has 10 heteroatoms. The Morgan fingerprint density at radius 2 is 2.35 bits per heavy atom. The minimum Gasteiger partial charge on any atom is -0.336 e. The average Bonchev–Trinajstić information content (AvgIpc) is 3.05. The minimum absolute atomic E-state index is 0.0162. The van der Waals surface area contributed by atoms with Crippen molar-refractivity contribution in [2.45, 2.75) is 31.5 Å². The summed E-state index contributed by atoms with van der Waals surface area (Å²) in [6, 6.07) is -0.771. The number of urea groups is 1. The number of aryl methyl sites for hydroxylation is 1. The fourth-order valence-electron chi connectivity index (χ4n) is 2.92. The zero-order chi connectivity index (χ0) is 16.4. The van der Waals surface area contributed by atoms with E-state index in [-0.39, 0.29) is 24.6 Å². The van der Waals surface area contributed by atoms with Crippen LogP contribution in [0.2, 0.25) is 0 Å². The summed E-state index contributed by atoms with van der Waals surface area (Å²) in [5.41, 5.74) is 3.27. The number of nitrogens with one attached hydrogen (secondary N) is 1. The highest BCUT2D eigenvalue weighted by Gasteiger charge is 2.47. The molecule has 3 amide bonds. The Morgan fingerprint density at radius 1 is 1.52 bits per heavy atom. The first-order valence-corrected chi connectivity index (χ1v) is 8.23. The number of rotatable bonds is 6. The van der Waals surface area contributed by atoms with E-state index < -0.39 is 6.04 Å². The van der Waals surface area contributed by atoms with E-state index in [0.717, 1.165) is 12.1 Å². The van der Waals surface area contributed by atoms with Crippen molar-refractivity contribution in [3.8, 4) is 0 Å². The predicted molar refractivity (Wildman–Crippen MR) is 82.6 cm³/mol. The van der Waals surface area contributed by atoms with Gasteiger partial charge in [-0.3, -0.25) is 14.5 Å². The molecule has 2 aliphatic rings. The fraction of sp³-hybridized carbons (Fsp3) is 0.615. The van der Waals surface area contributed by atoms with E-state index in [1.165, 1.54) is 9.96 Å². The van der Waals surface area contributed by atoms with Crippen molar-refractivity contribution < 1.29 is 19.3 Å². The highest BCUT2D eigenvalue weighted by molar-refractivity contribution is 7.16. The molecule has 9 nitrogen and oxygen atoms in total. The Labute approximate surface area is 136 Å². The Morgan fingerprint density at radius 3 is 3.04 bits per heavy atom. The number of aromatic nitrogens is 2. The molecule has 126 valence electrons. The molecule has 1 aromatic rings. The number of imidazole rings is 1. The van der Waals surface area contributed by atoms with Crippen LogP contribution in [0.1, 0.15) is 18.5 Å². The SMILES string of the molecule is Cn1cncc1CONC(=O)[C@@H]1CC[C@@H]2CN1C(=O)N2OCP. The first-order chi connectivity index (χ1) is 11.1. The quantitative estimate of drug-likeness (QED) is 0.581. The first kappa shape index (κ1) is 16.2. The Hall–Kier alpha value is -1.70. The number of carbonyl (C=O) groups excluding carboxylic acids is 2. The van der Waals surface area contributed by atoms with Crippen molar-refractivity contribution in [3.63, 3.8) is 0 Å². The van der Waals surface area contributed by atoms with E-state index in [1.54, 1.807) is 17.1 Å². The highest BCUT2D eigenvalue weighted by Crippen LogP contribution is 2.30. The lowest BCUT2D eigenvalue weighted by molar-refractivity contribution is -0.140. The van der Waals surface area contributed by atoms with Gasteiger partial charge in [-0.2, -0.15) is 5.06 Å². The lowest BCUT2D eigenvalue weighted by Crippen LogP contribution is -2.49. The Bertz CT molecular complexity index is 595. The maximum atomic E-state index is 12.3. The van der Waals surface area contributed by atoms with Crippen LogP contribution in [0.3, 0.4) is 0 Å². The van der Waals surface area contributed by atoms with Crippen LogP contribution < -0.4 is 5.48 Å². The van der Waals surface area contributed by atoms with E-state index in [9.17, 15) is 9.59 Å². The summed E-state index contributed by atoms with van der Waals surface area (Å²) in [7, 11) is 4.26. The van der Waals surface area contributed by atoms with Gasteiger partial charge in [0, 0.05) is 13.6 Å². The molecule has 1 unspecified atom stereocenters. The van der Waals surface area contributed by atoms with Crippen LogP contribution in [0.5, 0.6) is 0 Å². The third-order valence-corrected chi connectivity index (χ3v) is 4.30. The number of nitrogens with zero attached hydrogens (tertiary/aromatic N) is 4. The molecule has 0 saturated carbocycles. The van der Waals surface area contributed by atoms with Gasteiger partial charge in [-0.1, -0.05) is 0 Å². The van der Waals surface area contributed by atoms with Crippen molar-refractivity contribution >= 4 is 21.2 Å². The summed E-state index contributed by atoms with van der Waals surface area (Å²) in [5.74, 6) is -0.313. The van der Waals surface area contributed by atoms with E-state index >= 15 is 0 Å². The zero-order valence-electron chi connectivity index (χ0n) is 12.8. The summed E-state index contributed by atoms with van der Waals surface area (Å²) in [6.45, 7) is 0.719. The standard InChI is InChI=1S/C13H20N5O4P/c1-16-7-14-4-10(16)6-21-15-12(19)11-3-2-9-5-17(11)13(20)18(9)22-8-23/h4,7,9,11H,2-3,5-6,8,23H2,1H3,(H,15,19)/t9-,11+/m1/s1. The summed E-state index contributed by atoms with van der Waals surface area (Å²) in [4.78, 5) is 40.7. The zero-order valence-corrected chi connectivity index (χ0v) is 14.0. The lowest BCUT2D eigenvalue weighted by atomic mass is 10.0. The Balaban J connectivity index is 1.54. The smallest absolute Gasteiger partial charge is 0.336 e. The van der Waals surface area contributed by atoms with Crippen LogP contribution in [0.25, 0.3) is 0 Å². The van der Waals surface area contributed by atoms with Gasteiger partial charge in [0.2, 0.25) is 0 Å². The molecule has 2 bridgehead atoms.